The fraction of sp³-hybridized carbons (Fsp3) is 0.357. The number of carboxylic acids is 1. The molecule has 2 amide bonds. The number of nitrogens with one attached hydrogen (secondary N) is 2. The van der Waals surface area contributed by atoms with Crippen molar-refractivity contribution in [3.05, 3.63) is 29.8 Å². The van der Waals surface area contributed by atoms with E-state index in [2.05, 4.69) is 10.6 Å². The number of hydrogen-bond donors (Lipinski definition) is 3. The topological polar surface area (TPSA) is 95.5 Å². The number of anilines is 1. The van der Waals surface area contributed by atoms with Crippen molar-refractivity contribution >= 4 is 23.5 Å². The molecule has 0 saturated carbocycles. The minimum Gasteiger partial charge on any atom is -0.481 e. The average molecular weight is 278 g/mol. The molecule has 0 saturated heterocycles. The van der Waals surface area contributed by atoms with Crippen LogP contribution in [0.3, 0.4) is 0 Å². The molecule has 0 heterocycles. The molecule has 0 radical (unpaired) electrons. The van der Waals surface area contributed by atoms with Gasteiger partial charge < -0.3 is 15.7 Å². The number of benzene rings is 1. The molecule has 0 aromatic heterocycles. The zero-order valence-electron chi connectivity index (χ0n) is 11.5. The van der Waals surface area contributed by atoms with E-state index >= 15 is 0 Å². The number of carbonyl (C=O) groups excluding carboxylic acids is 2. The molecule has 1 unspecified atom stereocenters. The third-order valence-corrected chi connectivity index (χ3v) is 2.70. The largest absolute Gasteiger partial charge is 0.481 e. The molecule has 0 spiro atoms. The van der Waals surface area contributed by atoms with Gasteiger partial charge in [-0.05, 0) is 25.0 Å². The van der Waals surface area contributed by atoms with Crippen molar-refractivity contribution in [2.75, 3.05) is 5.32 Å². The first-order valence-electron chi connectivity index (χ1n) is 6.28. The quantitative estimate of drug-likeness (QED) is 0.727. The van der Waals surface area contributed by atoms with Crippen LogP contribution in [0.2, 0.25) is 0 Å². The second kappa shape index (κ2) is 7.28. The summed E-state index contributed by atoms with van der Waals surface area (Å²) < 4.78 is 0. The highest BCUT2D eigenvalue weighted by molar-refractivity contribution is 5.97. The van der Waals surface area contributed by atoms with Gasteiger partial charge >= 0.3 is 5.97 Å². The lowest BCUT2D eigenvalue weighted by atomic mass is 10.1. The monoisotopic (exact) mass is 278 g/mol. The maximum atomic E-state index is 11.9. The van der Waals surface area contributed by atoms with Gasteiger partial charge in [0.25, 0.3) is 0 Å². The lowest BCUT2D eigenvalue weighted by Crippen LogP contribution is -2.40. The summed E-state index contributed by atoms with van der Waals surface area (Å²) in [4.78, 5) is 33.4. The third kappa shape index (κ3) is 5.09. The first-order chi connectivity index (χ1) is 9.40. The van der Waals surface area contributed by atoms with Gasteiger partial charge in [0.05, 0.1) is 0 Å². The van der Waals surface area contributed by atoms with Gasteiger partial charge in [-0.15, -0.1) is 0 Å². The Labute approximate surface area is 117 Å². The van der Waals surface area contributed by atoms with Gasteiger partial charge in [0.15, 0.2) is 0 Å². The van der Waals surface area contributed by atoms with Crippen LogP contribution >= 0.6 is 0 Å². The smallest absolute Gasteiger partial charge is 0.303 e. The molecular weight excluding hydrogens is 260 g/mol. The van der Waals surface area contributed by atoms with Gasteiger partial charge in [-0.25, -0.2) is 0 Å². The zero-order chi connectivity index (χ0) is 15.1. The maximum Gasteiger partial charge on any atom is 0.303 e. The molecule has 3 N–H and O–H groups in total. The van der Waals surface area contributed by atoms with Crippen LogP contribution in [-0.2, 0) is 20.8 Å². The average Bonchev–Trinajstić information content (AvgIpc) is 2.36. The van der Waals surface area contributed by atoms with E-state index in [4.69, 9.17) is 5.11 Å². The normalized spacial score (nSPS) is 11.5. The zero-order valence-corrected chi connectivity index (χ0v) is 11.5. The lowest BCUT2D eigenvalue weighted by Gasteiger charge is -2.15. The van der Waals surface area contributed by atoms with E-state index in [0.29, 0.717) is 12.1 Å². The second-order valence-electron chi connectivity index (χ2n) is 4.46. The van der Waals surface area contributed by atoms with Crippen molar-refractivity contribution in [2.45, 2.75) is 32.7 Å². The standard InChI is InChI=1S/C14H18N2O4/c1-9(15-10(2)17)14(20)16-12-6-4-3-5-11(12)7-8-13(18)19/h3-6,9H,7-8H2,1-2H3,(H,15,17)(H,16,20)(H,18,19). The van der Waals surface area contributed by atoms with Crippen LogP contribution in [0.4, 0.5) is 5.69 Å². The van der Waals surface area contributed by atoms with E-state index in [-0.39, 0.29) is 18.2 Å². The Hall–Kier alpha value is -2.37. The van der Waals surface area contributed by atoms with Crippen molar-refractivity contribution in [1.82, 2.24) is 5.32 Å². The summed E-state index contributed by atoms with van der Waals surface area (Å²) in [6, 6.07) is 6.35. The predicted octanol–water partition coefficient (Wildman–Crippen LogP) is 1.17. The fourth-order valence-electron chi connectivity index (χ4n) is 1.71. The van der Waals surface area contributed by atoms with Crippen LogP contribution in [-0.4, -0.2) is 28.9 Å². The number of aliphatic carboxylic acids is 1. The molecule has 1 rings (SSSR count). The second-order valence-corrected chi connectivity index (χ2v) is 4.46. The predicted molar refractivity (Wildman–Crippen MR) is 74.3 cm³/mol. The number of rotatable bonds is 6. The molecule has 6 nitrogen and oxygen atoms in total. The van der Waals surface area contributed by atoms with E-state index in [1.807, 2.05) is 0 Å². The van der Waals surface area contributed by atoms with Crippen molar-refractivity contribution in [1.29, 1.82) is 0 Å². The summed E-state index contributed by atoms with van der Waals surface area (Å²) in [6.45, 7) is 2.92. The SMILES string of the molecule is CC(=O)NC(C)C(=O)Nc1ccccc1CCC(=O)O. The number of carbonyl (C=O) groups is 3. The van der Waals surface area contributed by atoms with Gasteiger partial charge in [0.2, 0.25) is 11.8 Å². The summed E-state index contributed by atoms with van der Waals surface area (Å²) >= 11 is 0. The van der Waals surface area contributed by atoms with E-state index in [1.165, 1.54) is 6.92 Å². The molecule has 108 valence electrons. The van der Waals surface area contributed by atoms with Crippen LogP contribution in [0, 0.1) is 0 Å². The first-order valence-corrected chi connectivity index (χ1v) is 6.28. The Kier molecular flexibility index (Phi) is 5.71. The molecule has 0 aliphatic heterocycles. The van der Waals surface area contributed by atoms with E-state index in [1.54, 1.807) is 31.2 Å². The molecule has 1 aromatic rings. The molecular formula is C14H18N2O4. The summed E-state index contributed by atoms with van der Waals surface area (Å²) in [5.74, 6) is -1.52. The number of amides is 2. The molecule has 0 bridgehead atoms. The maximum absolute atomic E-state index is 11.9. The van der Waals surface area contributed by atoms with Gasteiger partial charge in [-0.2, -0.15) is 0 Å². The van der Waals surface area contributed by atoms with Gasteiger partial charge in [0.1, 0.15) is 6.04 Å². The minimum absolute atomic E-state index is 0.00582. The lowest BCUT2D eigenvalue weighted by molar-refractivity contribution is -0.137. The van der Waals surface area contributed by atoms with Crippen LogP contribution in [0.25, 0.3) is 0 Å². The Morgan fingerprint density at radius 3 is 2.50 bits per heavy atom. The van der Waals surface area contributed by atoms with Crippen molar-refractivity contribution in [3.63, 3.8) is 0 Å². The molecule has 0 aliphatic carbocycles. The van der Waals surface area contributed by atoms with Crippen LogP contribution in [0.5, 0.6) is 0 Å². The van der Waals surface area contributed by atoms with Crippen molar-refractivity contribution < 1.29 is 19.5 Å². The Morgan fingerprint density at radius 1 is 1.25 bits per heavy atom. The minimum atomic E-state index is -0.891. The van der Waals surface area contributed by atoms with Crippen molar-refractivity contribution in [3.8, 4) is 0 Å². The summed E-state index contributed by atoms with van der Waals surface area (Å²) in [6.07, 6.45) is 0.328. The van der Waals surface area contributed by atoms with E-state index in [0.717, 1.165) is 5.56 Å². The molecule has 1 aromatic carbocycles. The van der Waals surface area contributed by atoms with Gasteiger partial charge in [-0.1, -0.05) is 18.2 Å². The van der Waals surface area contributed by atoms with Crippen molar-refractivity contribution in [2.24, 2.45) is 0 Å². The fourth-order valence-corrected chi connectivity index (χ4v) is 1.71. The molecule has 0 aliphatic rings. The van der Waals surface area contributed by atoms with Gasteiger partial charge in [-0.3, -0.25) is 14.4 Å². The van der Waals surface area contributed by atoms with Crippen LogP contribution in [0.1, 0.15) is 25.8 Å². The molecule has 0 fully saturated rings. The highest BCUT2D eigenvalue weighted by atomic mass is 16.4. The number of aryl methyl sites for hydroxylation is 1. The van der Waals surface area contributed by atoms with E-state index in [9.17, 15) is 14.4 Å². The summed E-state index contributed by atoms with van der Waals surface area (Å²) in [5.41, 5.74) is 1.31. The van der Waals surface area contributed by atoms with E-state index < -0.39 is 12.0 Å². The van der Waals surface area contributed by atoms with Crippen LogP contribution < -0.4 is 10.6 Å². The first kappa shape index (κ1) is 15.7. The number of hydrogen-bond acceptors (Lipinski definition) is 3. The van der Waals surface area contributed by atoms with Gasteiger partial charge in [0, 0.05) is 19.0 Å². The highest BCUT2D eigenvalue weighted by Gasteiger charge is 2.15. The Bertz CT molecular complexity index is 514. The Morgan fingerprint density at radius 2 is 1.90 bits per heavy atom. The Balaban J connectivity index is 2.73. The summed E-state index contributed by atoms with van der Waals surface area (Å²) in [7, 11) is 0. The highest BCUT2D eigenvalue weighted by Crippen LogP contribution is 2.17. The molecule has 20 heavy (non-hydrogen) atoms. The molecule has 1 atom stereocenters. The number of carboxylic acid groups (broad SMARTS) is 1. The number of para-hydroxylation sites is 1. The summed E-state index contributed by atoms with van der Waals surface area (Å²) in [5, 5.41) is 13.9. The van der Waals surface area contributed by atoms with Crippen LogP contribution in [0.15, 0.2) is 24.3 Å². The molecule has 6 heteroatoms. The third-order valence-electron chi connectivity index (χ3n) is 2.70.